The predicted octanol–water partition coefficient (Wildman–Crippen LogP) is 2.00. The fourth-order valence-electron chi connectivity index (χ4n) is 3.52. The molecule has 158 valence electrons. The molecule has 0 aromatic heterocycles. The van der Waals surface area contributed by atoms with Crippen LogP contribution in [-0.2, 0) is 38.9 Å². The van der Waals surface area contributed by atoms with Crippen LogP contribution < -0.4 is 4.72 Å². The maximum absolute atomic E-state index is 13.0. The molecule has 1 heterocycles. The van der Waals surface area contributed by atoms with Crippen molar-refractivity contribution in [3.8, 4) is 6.07 Å². The van der Waals surface area contributed by atoms with Gasteiger partial charge in [-0.05, 0) is 67.8 Å². The van der Waals surface area contributed by atoms with Gasteiger partial charge in [0.2, 0.25) is 10.0 Å². The van der Waals surface area contributed by atoms with E-state index in [0.29, 0.717) is 17.7 Å². The van der Waals surface area contributed by atoms with Gasteiger partial charge in [0.25, 0.3) is 0 Å². The van der Waals surface area contributed by atoms with Crippen LogP contribution in [0.15, 0.2) is 47.4 Å². The van der Waals surface area contributed by atoms with Crippen LogP contribution in [0.1, 0.15) is 29.2 Å². The summed E-state index contributed by atoms with van der Waals surface area (Å²) in [5.74, 6) is -0.652. The average molecular weight is 428 g/mol. The van der Waals surface area contributed by atoms with Gasteiger partial charge in [0.05, 0.1) is 23.1 Å². The molecule has 1 N–H and O–H groups in total. The Morgan fingerprint density at radius 3 is 2.80 bits per heavy atom. The second-order valence-corrected chi connectivity index (χ2v) is 9.07. The van der Waals surface area contributed by atoms with E-state index in [0.717, 1.165) is 24.1 Å². The fraction of sp³-hybridized carbons (Fsp3) is 0.364. The number of fused-ring (bicyclic) bond motifs is 1. The second-order valence-electron chi connectivity index (χ2n) is 7.36. The minimum absolute atomic E-state index is 0.0846. The molecule has 8 heteroatoms. The summed E-state index contributed by atoms with van der Waals surface area (Å²) >= 11 is 0. The molecule has 0 radical (unpaired) electrons. The first-order valence-corrected chi connectivity index (χ1v) is 11.3. The first kappa shape index (κ1) is 22.0. The predicted molar refractivity (Wildman–Crippen MR) is 112 cm³/mol. The lowest BCUT2D eigenvalue weighted by Gasteiger charge is -2.25. The van der Waals surface area contributed by atoms with E-state index in [9.17, 15) is 13.2 Å². The Morgan fingerprint density at radius 1 is 1.27 bits per heavy atom. The van der Waals surface area contributed by atoms with Gasteiger partial charge in [0.1, 0.15) is 6.04 Å². The summed E-state index contributed by atoms with van der Waals surface area (Å²) < 4.78 is 33.7. The molecule has 0 bridgehead atoms. The zero-order chi connectivity index (χ0) is 21.7. The molecule has 0 saturated carbocycles. The quantitative estimate of drug-likeness (QED) is 0.679. The van der Waals surface area contributed by atoms with Crippen LogP contribution in [0.5, 0.6) is 0 Å². The van der Waals surface area contributed by atoms with Gasteiger partial charge >= 0.3 is 5.97 Å². The molecule has 1 aliphatic heterocycles. The van der Waals surface area contributed by atoms with Crippen molar-refractivity contribution < 1.29 is 17.9 Å². The molecule has 7 nitrogen and oxygen atoms in total. The number of likely N-dealkylation sites (N-methyl/N-ethyl adjacent to an activating group) is 1. The largest absolute Gasteiger partial charge is 0.465 e. The Labute approximate surface area is 177 Å². The van der Waals surface area contributed by atoms with Gasteiger partial charge in [0.15, 0.2) is 0 Å². The molecule has 2 aromatic rings. The van der Waals surface area contributed by atoms with Crippen LogP contribution in [-0.4, -0.2) is 45.5 Å². The minimum atomic E-state index is -3.94. The van der Waals surface area contributed by atoms with Crippen LogP contribution in [0.25, 0.3) is 0 Å². The average Bonchev–Trinajstić information content (AvgIpc) is 2.73. The highest BCUT2D eigenvalue weighted by Crippen LogP contribution is 2.22. The molecule has 0 amide bonds. The van der Waals surface area contributed by atoms with Crippen molar-refractivity contribution in [3.63, 3.8) is 0 Å². The number of nitrogens with one attached hydrogen (secondary N) is 1. The zero-order valence-electron chi connectivity index (χ0n) is 17.1. The van der Waals surface area contributed by atoms with E-state index in [2.05, 4.69) is 9.62 Å². The van der Waals surface area contributed by atoms with E-state index >= 15 is 0 Å². The van der Waals surface area contributed by atoms with Gasteiger partial charge in [-0.1, -0.05) is 18.2 Å². The van der Waals surface area contributed by atoms with Crippen LogP contribution in [0.3, 0.4) is 0 Å². The Hall–Kier alpha value is -2.73. The second kappa shape index (κ2) is 9.39. The third kappa shape index (κ3) is 5.25. The van der Waals surface area contributed by atoms with Gasteiger partial charge in [-0.15, -0.1) is 0 Å². The normalized spacial score (nSPS) is 15.1. The van der Waals surface area contributed by atoms with E-state index in [-0.39, 0.29) is 17.9 Å². The molecule has 1 aliphatic rings. The zero-order valence-corrected chi connectivity index (χ0v) is 17.9. The molecule has 3 rings (SSSR count). The van der Waals surface area contributed by atoms with Crippen molar-refractivity contribution in [2.45, 2.75) is 37.2 Å². The van der Waals surface area contributed by atoms with E-state index in [4.69, 9.17) is 10.00 Å². The third-order valence-electron chi connectivity index (χ3n) is 5.06. The third-order valence-corrected chi connectivity index (χ3v) is 6.52. The molecular formula is C22H25N3O4S. The lowest BCUT2D eigenvalue weighted by molar-refractivity contribution is -0.145. The Kier molecular flexibility index (Phi) is 6.87. The molecule has 2 aromatic carbocycles. The van der Waals surface area contributed by atoms with Gasteiger partial charge < -0.3 is 9.64 Å². The summed E-state index contributed by atoms with van der Waals surface area (Å²) in [7, 11) is -1.95. The monoisotopic (exact) mass is 427 g/mol. The van der Waals surface area contributed by atoms with Crippen LogP contribution in [0.4, 0.5) is 0 Å². The maximum atomic E-state index is 13.0. The van der Waals surface area contributed by atoms with E-state index in [1.54, 1.807) is 43.3 Å². The van der Waals surface area contributed by atoms with E-state index in [1.165, 1.54) is 0 Å². The highest BCUT2D eigenvalue weighted by atomic mass is 32.2. The van der Waals surface area contributed by atoms with E-state index in [1.807, 2.05) is 19.2 Å². The molecule has 1 atom stereocenters. The van der Waals surface area contributed by atoms with Crippen molar-refractivity contribution in [1.82, 2.24) is 9.62 Å². The SMILES string of the molecule is CCOC(=O)[C@H](Cc1cccc(C#N)c1)NS(=O)(=O)c1ccc2c(c1)CN(C)CC2. The number of carbonyl (C=O) groups is 1. The number of rotatable bonds is 7. The fourth-order valence-corrected chi connectivity index (χ4v) is 4.75. The number of ether oxygens (including phenoxy) is 1. The Balaban J connectivity index is 1.86. The number of nitriles is 1. The summed E-state index contributed by atoms with van der Waals surface area (Å²) in [6, 6.07) is 12.8. The lowest BCUT2D eigenvalue weighted by Crippen LogP contribution is -2.43. The summed E-state index contributed by atoms with van der Waals surface area (Å²) in [6.07, 6.45) is 0.960. The van der Waals surface area contributed by atoms with Gasteiger partial charge in [-0.3, -0.25) is 4.79 Å². The van der Waals surface area contributed by atoms with Crippen molar-refractivity contribution in [2.24, 2.45) is 0 Å². The van der Waals surface area contributed by atoms with Crippen molar-refractivity contribution in [2.75, 3.05) is 20.2 Å². The molecule has 0 saturated heterocycles. The van der Waals surface area contributed by atoms with Gasteiger partial charge in [0, 0.05) is 13.1 Å². The maximum Gasteiger partial charge on any atom is 0.324 e. The number of benzene rings is 2. The molecule has 0 fully saturated rings. The van der Waals surface area contributed by atoms with Crippen LogP contribution in [0.2, 0.25) is 0 Å². The summed E-state index contributed by atoms with van der Waals surface area (Å²) in [6.45, 7) is 3.42. The summed E-state index contributed by atoms with van der Waals surface area (Å²) in [5, 5.41) is 9.08. The van der Waals surface area contributed by atoms with Crippen LogP contribution in [0, 0.1) is 11.3 Å². The topological polar surface area (TPSA) is 99.5 Å². The molecule has 0 spiro atoms. The Morgan fingerprint density at radius 2 is 2.07 bits per heavy atom. The molecule has 30 heavy (non-hydrogen) atoms. The summed E-state index contributed by atoms with van der Waals surface area (Å²) in [4.78, 5) is 14.7. The number of hydrogen-bond acceptors (Lipinski definition) is 6. The highest BCUT2D eigenvalue weighted by molar-refractivity contribution is 7.89. The summed E-state index contributed by atoms with van der Waals surface area (Å²) in [5.41, 5.74) is 3.22. The standard InChI is InChI=1S/C22H25N3O4S/c1-3-29-22(26)21(12-16-5-4-6-17(11-16)14-23)24-30(27,28)20-8-7-18-9-10-25(2)15-19(18)13-20/h4-8,11,13,21,24H,3,9-10,12,15H2,1-2H3/t21-/m0/s1. The van der Waals surface area contributed by atoms with Crippen molar-refractivity contribution in [3.05, 3.63) is 64.7 Å². The minimum Gasteiger partial charge on any atom is -0.465 e. The van der Waals surface area contributed by atoms with Crippen molar-refractivity contribution >= 4 is 16.0 Å². The number of carbonyl (C=O) groups excluding carboxylic acids is 1. The van der Waals surface area contributed by atoms with Crippen LogP contribution >= 0.6 is 0 Å². The molecule has 0 unspecified atom stereocenters. The van der Waals surface area contributed by atoms with E-state index < -0.39 is 22.0 Å². The first-order chi connectivity index (χ1) is 14.3. The number of esters is 1. The molecule has 0 aliphatic carbocycles. The Bertz CT molecular complexity index is 1080. The first-order valence-electron chi connectivity index (χ1n) is 9.80. The number of hydrogen-bond donors (Lipinski definition) is 1. The van der Waals surface area contributed by atoms with Crippen molar-refractivity contribution in [1.29, 1.82) is 5.26 Å². The highest BCUT2D eigenvalue weighted by Gasteiger charge is 2.28. The smallest absolute Gasteiger partial charge is 0.324 e. The number of sulfonamides is 1. The van der Waals surface area contributed by atoms with Gasteiger partial charge in [-0.2, -0.15) is 9.98 Å². The van der Waals surface area contributed by atoms with Gasteiger partial charge in [-0.25, -0.2) is 8.42 Å². The molecular weight excluding hydrogens is 402 g/mol. The number of nitrogens with zero attached hydrogens (tertiary/aromatic N) is 2. The lowest BCUT2D eigenvalue weighted by atomic mass is 10.0.